The van der Waals surface area contributed by atoms with Crippen LogP contribution in [0, 0.1) is 5.82 Å². The van der Waals surface area contributed by atoms with Gasteiger partial charge < -0.3 is 10.1 Å². The van der Waals surface area contributed by atoms with Gasteiger partial charge in [-0.1, -0.05) is 31.6 Å². The zero-order chi connectivity index (χ0) is 12.8. The molecule has 0 unspecified atom stereocenters. The van der Waals surface area contributed by atoms with Crippen molar-refractivity contribution in [2.24, 2.45) is 0 Å². The molecular formula is C14H20FNO. The highest BCUT2D eigenvalue weighted by atomic mass is 19.1. The third-order valence-electron chi connectivity index (χ3n) is 2.38. The minimum Gasteiger partial charge on any atom is -0.494 e. The van der Waals surface area contributed by atoms with Gasteiger partial charge in [0.05, 0.1) is 7.11 Å². The molecule has 17 heavy (non-hydrogen) atoms. The van der Waals surface area contributed by atoms with E-state index in [1.807, 2.05) is 19.1 Å². The van der Waals surface area contributed by atoms with Gasteiger partial charge in [0.25, 0.3) is 0 Å². The van der Waals surface area contributed by atoms with E-state index in [4.69, 9.17) is 4.74 Å². The van der Waals surface area contributed by atoms with E-state index >= 15 is 0 Å². The summed E-state index contributed by atoms with van der Waals surface area (Å²) in [5, 5.41) is 3.32. The Kier molecular flexibility index (Phi) is 5.16. The minimum absolute atomic E-state index is 0.278. The predicted molar refractivity (Wildman–Crippen MR) is 69.7 cm³/mol. The second kappa shape index (κ2) is 6.40. The Labute approximate surface area is 102 Å². The molecule has 0 fully saturated rings. The molecular weight excluding hydrogens is 217 g/mol. The molecule has 0 aromatic heterocycles. The largest absolute Gasteiger partial charge is 0.494 e. The fourth-order valence-electron chi connectivity index (χ4n) is 1.47. The Hall–Kier alpha value is -1.35. The molecule has 2 nitrogen and oxygen atoms in total. The maximum Gasteiger partial charge on any atom is 0.165 e. The maximum atomic E-state index is 13.4. The van der Waals surface area contributed by atoms with Crippen LogP contribution in [-0.2, 0) is 0 Å². The third-order valence-corrected chi connectivity index (χ3v) is 2.38. The highest BCUT2D eigenvalue weighted by Crippen LogP contribution is 2.19. The summed E-state index contributed by atoms with van der Waals surface area (Å²) in [5.74, 6) is -0.0500. The fraction of sp³-hybridized carbons (Fsp3) is 0.429. The Morgan fingerprint density at radius 2 is 2.18 bits per heavy atom. The third kappa shape index (κ3) is 4.57. The van der Waals surface area contributed by atoms with Crippen LogP contribution >= 0.6 is 0 Å². The van der Waals surface area contributed by atoms with Crippen molar-refractivity contribution in [2.45, 2.75) is 26.8 Å². The van der Waals surface area contributed by atoms with Crippen molar-refractivity contribution < 1.29 is 9.13 Å². The van der Waals surface area contributed by atoms with E-state index in [0.29, 0.717) is 6.04 Å². The highest BCUT2D eigenvalue weighted by Gasteiger charge is 2.02. The average molecular weight is 237 g/mol. The van der Waals surface area contributed by atoms with E-state index in [1.54, 1.807) is 6.07 Å². The van der Waals surface area contributed by atoms with Crippen molar-refractivity contribution in [3.05, 3.63) is 35.2 Å². The first kappa shape index (κ1) is 13.7. The van der Waals surface area contributed by atoms with Crippen LogP contribution in [0.25, 0.3) is 6.08 Å². The molecule has 0 amide bonds. The van der Waals surface area contributed by atoms with Crippen molar-refractivity contribution in [2.75, 3.05) is 13.7 Å². The van der Waals surface area contributed by atoms with E-state index in [2.05, 4.69) is 19.2 Å². The Bertz CT molecular complexity index is 399. The second-order valence-corrected chi connectivity index (χ2v) is 4.42. The van der Waals surface area contributed by atoms with E-state index in [9.17, 15) is 4.39 Å². The normalized spacial score (nSPS) is 12.0. The first-order valence-electron chi connectivity index (χ1n) is 5.77. The van der Waals surface area contributed by atoms with Gasteiger partial charge >= 0.3 is 0 Å². The van der Waals surface area contributed by atoms with Gasteiger partial charge in [0.2, 0.25) is 0 Å². The molecule has 1 N–H and O–H groups in total. The molecule has 3 heteroatoms. The maximum absolute atomic E-state index is 13.4. The lowest BCUT2D eigenvalue weighted by molar-refractivity contribution is 0.386. The smallest absolute Gasteiger partial charge is 0.165 e. The summed E-state index contributed by atoms with van der Waals surface area (Å²) >= 11 is 0. The predicted octanol–water partition coefficient (Wildman–Crippen LogP) is 3.24. The van der Waals surface area contributed by atoms with Gasteiger partial charge in [-0.3, -0.25) is 0 Å². The van der Waals surface area contributed by atoms with Crippen LogP contribution < -0.4 is 10.1 Å². The lowest BCUT2D eigenvalue weighted by atomic mass is 10.1. The van der Waals surface area contributed by atoms with Gasteiger partial charge in [0.1, 0.15) is 0 Å². The molecule has 1 aromatic rings. The lowest BCUT2D eigenvalue weighted by Gasteiger charge is -2.08. The van der Waals surface area contributed by atoms with Gasteiger partial charge in [0.15, 0.2) is 11.6 Å². The zero-order valence-corrected chi connectivity index (χ0v) is 10.9. The molecule has 94 valence electrons. The van der Waals surface area contributed by atoms with Gasteiger partial charge in [-0.2, -0.15) is 0 Å². The summed E-state index contributed by atoms with van der Waals surface area (Å²) < 4.78 is 18.3. The molecule has 0 heterocycles. The number of halogens is 1. The summed E-state index contributed by atoms with van der Waals surface area (Å²) in [7, 11) is 1.46. The number of methoxy groups -OCH3 is 1. The van der Waals surface area contributed by atoms with Crippen molar-refractivity contribution >= 4 is 6.08 Å². The molecule has 1 rings (SSSR count). The van der Waals surface area contributed by atoms with Crippen LogP contribution in [0.4, 0.5) is 4.39 Å². The van der Waals surface area contributed by atoms with Gasteiger partial charge in [-0.25, -0.2) is 4.39 Å². The Morgan fingerprint density at radius 3 is 2.71 bits per heavy atom. The van der Waals surface area contributed by atoms with Crippen LogP contribution in [0.3, 0.4) is 0 Å². The van der Waals surface area contributed by atoms with Crippen LogP contribution in [0.2, 0.25) is 0 Å². The summed E-state index contributed by atoms with van der Waals surface area (Å²) in [6, 6.07) is 5.42. The standard InChI is InChI=1S/C14H20FNO/c1-10(2)16-9-11(3)7-12-5-6-14(17-4)13(15)8-12/h5-8,10,16H,9H2,1-4H3. The fourth-order valence-corrected chi connectivity index (χ4v) is 1.47. The number of rotatable bonds is 5. The van der Waals surface area contributed by atoms with Gasteiger partial charge in [0, 0.05) is 12.6 Å². The Morgan fingerprint density at radius 1 is 1.47 bits per heavy atom. The van der Waals surface area contributed by atoms with Crippen LogP contribution in [0.1, 0.15) is 26.3 Å². The summed E-state index contributed by atoms with van der Waals surface area (Å²) in [4.78, 5) is 0. The molecule has 0 atom stereocenters. The number of hydrogen-bond donors (Lipinski definition) is 1. The SMILES string of the molecule is COc1ccc(C=C(C)CNC(C)C)cc1F. The van der Waals surface area contributed by atoms with Crippen LogP contribution in [0.15, 0.2) is 23.8 Å². The molecule has 0 spiro atoms. The first-order valence-corrected chi connectivity index (χ1v) is 5.77. The second-order valence-electron chi connectivity index (χ2n) is 4.42. The van der Waals surface area contributed by atoms with Crippen LogP contribution in [-0.4, -0.2) is 19.7 Å². The highest BCUT2D eigenvalue weighted by molar-refractivity contribution is 5.54. The van der Waals surface area contributed by atoms with Crippen molar-refractivity contribution in [1.82, 2.24) is 5.32 Å². The summed E-state index contributed by atoms with van der Waals surface area (Å²) in [6.07, 6.45) is 1.97. The van der Waals surface area contributed by atoms with Gasteiger partial charge in [-0.15, -0.1) is 0 Å². The molecule has 0 saturated heterocycles. The average Bonchev–Trinajstić information content (AvgIpc) is 2.26. The minimum atomic E-state index is -0.328. The van der Waals surface area contributed by atoms with Crippen LogP contribution in [0.5, 0.6) is 5.75 Å². The van der Waals surface area contributed by atoms with Crippen molar-refractivity contribution in [3.63, 3.8) is 0 Å². The summed E-state index contributed by atoms with van der Waals surface area (Å²) in [6.45, 7) is 7.03. The summed E-state index contributed by atoms with van der Waals surface area (Å²) in [5.41, 5.74) is 2.02. The zero-order valence-electron chi connectivity index (χ0n) is 10.9. The van der Waals surface area contributed by atoms with E-state index in [0.717, 1.165) is 12.1 Å². The first-order chi connectivity index (χ1) is 8.02. The topological polar surface area (TPSA) is 21.3 Å². The lowest BCUT2D eigenvalue weighted by Crippen LogP contribution is -2.24. The molecule has 0 aliphatic carbocycles. The van der Waals surface area contributed by atoms with E-state index < -0.39 is 0 Å². The Balaban J connectivity index is 2.73. The molecule has 1 aromatic carbocycles. The molecule has 0 aliphatic heterocycles. The van der Waals surface area contributed by atoms with Gasteiger partial charge in [-0.05, 0) is 24.6 Å². The van der Waals surface area contributed by atoms with Crippen molar-refractivity contribution in [3.8, 4) is 5.75 Å². The molecule has 0 aliphatic rings. The molecule has 0 saturated carbocycles. The van der Waals surface area contributed by atoms with E-state index in [-0.39, 0.29) is 11.6 Å². The quantitative estimate of drug-likeness (QED) is 0.849. The van der Waals surface area contributed by atoms with E-state index in [1.165, 1.54) is 18.7 Å². The number of nitrogens with one attached hydrogen (secondary N) is 1. The molecule has 0 bridgehead atoms. The molecule has 0 radical (unpaired) electrons. The number of hydrogen-bond acceptors (Lipinski definition) is 2. The van der Waals surface area contributed by atoms with Crippen molar-refractivity contribution in [1.29, 1.82) is 0 Å². The number of ether oxygens (including phenoxy) is 1. The number of benzene rings is 1. The monoisotopic (exact) mass is 237 g/mol.